The summed E-state index contributed by atoms with van der Waals surface area (Å²) in [5.41, 5.74) is 0.765. The number of rotatable bonds is 1. The Morgan fingerprint density at radius 3 is 2.67 bits per heavy atom. The molecule has 0 unspecified atom stereocenters. The van der Waals surface area contributed by atoms with Crippen LogP contribution in [0.15, 0.2) is 16.7 Å². The quantitative estimate of drug-likeness (QED) is 0.424. The van der Waals surface area contributed by atoms with E-state index >= 15 is 0 Å². The Balaban J connectivity index is 2.98. The van der Waals surface area contributed by atoms with Crippen molar-refractivity contribution < 1.29 is 9.34 Å². The molecule has 0 bridgehead atoms. The van der Waals surface area contributed by atoms with E-state index < -0.39 is 4.92 Å². The molecule has 0 radical (unpaired) electrons. The van der Waals surface area contributed by atoms with E-state index in [1.807, 2.05) is 0 Å². The topological polar surface area (TPSA) is 56.3 Å². The van der Waals surface area contributed by atoms with Gasteiger partial charge in [-0.1, -0.05) is 0 Å². The second-order valence-corrected chi connectivity index (χ2v) is 1.72. The molecule has 0 saturated heterocycles. The van der Waals surface area contributed by atoms with Gasteiger partial charge in [0.2, 0.25) is 0 Å². The first-order valence-corrected chi connectivity index (χ1v) is 2.39. The minimum Gasteiger partial charge on any atom is -0.409 e. The molecule has 0 saturated carbocycles. The second-order valence-electron chi connectivity index (χ2n) is 1.72. The van der Waals surface area contributed by atoms with Gasteiger partial charge in [-0.15, -0.1) is 0 Å². The van der Waals surface area contributed by atoms with Crippen molar-refractivity contribution in [3.63, 3.8) is 0 Å². The summed E-state index contributed by atoms with van der Waals surface area (Å²) in [6.07, 6.45) is 1.35. The van der Waals surface area contributed by atoms with E-state index in [0.717, 1.165) is 5.56 Å². The number of hydrogen-bond donors (Lipinski definition) is 0. The van der Waals surface area contributed by atoms with Crippen LogP contribution < -0.4 is 0 Å². The van der Waals surface area contributed by atoms with Gasteiger partial charge in [-0.05, 0) is 12.5 Å². The zero-order chi connectivity index (χ0) is 6.85. The Morgan fingerprint density at radius 1 is 1.78 bits per heavy atom. The highest BCUT2D eigenvalue weighted by Crippen LogP contribution is 2.13. The van der Waals surface area contributed by atoms with Crippen LogP contribution in [-0.2, 0) is 0 Å². The Labute approximate surface area is 51.2 Å². The van der Waals surface area contributed by atoms with E-state index in [9.17, 15) is 10.1 Å². The van der Waals surface area contributed by atoms with Crippen molar-refractivity contribution in [3.05, 3.63) is 28.0 Å². The fraction of sp³-hybridized carbons (Fsp3) is 0.200. The number of aryl methyl sites for hydroxylation is 1. The zero-order valence-corrected chi connectivity index (χ0v) is 4.83. The monoisotopic (exact) mass is 127 g/mol. The molecule has 1 heterocycles. The van der Waals surface area contributed by atoms with Crippen molar-refractivity contribution >= 4 is 5.88 Å². The lowest BCUT2D eigenvalue weighted by Gasteiger charge is -1.76. The number of nitrogens with zero attached hydrogens (tertiary/aromatic N) is 1. The largest absolute Gasteiger partial charge is 0.433 e. The molecule has 0 amide bonds. The molecule has 0 atom stereocenters. The summed E-state index contributed by atoms with van der Waals surface area (Å²) in [6.45, 7) is 1.73. The van der Waals surface area contributed by atoms with Gasteiger partial charge in [0.25, 0.3) is 0 Å². The molecule has 4 nitrogen and oxygen atoms in total. The van der Waals surface area contributed by atoms with E-state index in [0.29, 0.717) is 0 Å². The third-order valence-corrected chi connectivity index (χ3v) is 0.897. The maximum Gasteiger partial charge on any atom is 0.433 e. The molecule has 1 aromatic heterocycles. The molecular formula is C5H5NO3. The highest BCUT2D eigenvalue weighted by molar-refractivity contribution is 5.20. The van der Waals surface area contributed by atoms with Crippen molar-refractivity contribution in [2.24, 2.45) is 0 Å². The van der Waals surface area contributed by atoms with Crippen LogP contribution in [0, 0.1) is 17.0 Å². The molecule has 0 aliphatic carbocycles. The minimum atomic E-state index is -0.562. The third-order valence-electron chi connectivity index (χ3n) is 0.897. The van der Waals surface area contributed by atoms with E-state index in [2.05, 4.69) is 4.42 Å². The third kappa shape index (κ3) is 1.07. The molecule has 0 aliphatic rings. The summed E-state index contributed by atoms with van der Waals surface area (Å²) in [7, 11) is 0. The van der Waals surface area contributed by atoms with Crippen LogP contribution in [0.25, 0.3) is 0 Å². The van der Waals surface area contributed by atoms with E-state index in [4.69, 9.17) is 0 Å². The fourth-order valence-electron chi connectivity index (χ4n) is 0.512. The number of nitro groups is 1. The van der Waals surface area contributed by atoms with E-state index in [1.54, 1.807) is 6.92 Å². The van der Waals surface area contributed by atoms with Gasteiger partial charge < -0.3 is 4.42 Å². The molecule has 4 heteroatoms. The van der Waals surface area contributed by atoms with Gasteiger partial charge in [0.15, 0.2) is 0 Å². The molecule has 0 aliphatic heterocycles. The highest BCUT2D eigenvalue weighted by Gasteiger charge is 2.08. The van der Waals surface area contributed by atoms with Crippen molar-refractivity contribution in [2.75, 3.05) is 0 Å². The molecular weight excluding hydrogens is 122 g/mol. The summed E-state index contributed by atoms with van der Waals surface area (Å²) in [4.78, 5) is 9.36. The smallest absolute Gasteiger partial charge is 0.409 e. The molecule has 48 valence electrons. The lowest BCUT2D eigenvalue weighted by Crippen LogP contribution is -1.82. The van der Waals surface area contributed by atoms with Crippen LogP contribution in [0.5, 0.6) is 0 Å². The Hall–Kier alpha value is -1.32. The average molecular weight is 127 g/mol. The molecule has 1 rings (SSSR count). The molecule has 0 aromatic carbocycles. The van der Waals surface area contributed by atoms with Gasteiger partial charge in [-0.2, -0.15) is 0 Å². The maximum absolute atomic E-state index is 9.93. The SMILES string of the molecule is Cc1coc([N+](=O)[O-])c1. The van der Waals surface area contributed by atoms with E-state index in [-0.39, 0.29) is 5.88 Å². The number of furan rings is 1. The predicted octanol–water partition coefficient (Wildman–Crippen LogP) is 1.50. The lowest BCUT2D eigenvalue weighted by atomic mass is 10.4. The van der Waals surface area contributed by atoms with Gasteiger partial charge >= 0.3 is 5.88 Å². The minimum absolute atomic E-state index is 0.201. The standard InChI is InChI=1S/C5H5NO3/c1-4-2-5(6(7)8)9-3-4/h2-3H,1H3. The van der Waals surface area contributed by atoms with Crippen LogP contribution in [0.3, 0.4) is 0 Å². The average Bonchev–Trinajstić information content (AvgIpc) is 2.14. The van der Waals surface area contributed by atoms with Gasteiger partial charge in [-0.3, -0.25) is 10.1 Å². The zero-order valence-electron chi connectivity index (χ0n) is 4.83. The van der Waals surface area contributed by atoms with Crippen molar-refractivity contribution in [1.29, 1.82) is 0 Å². The molecule has 9 heavy (non-hydrogen) atoms. The van der Waals surface area contributed by atoms with Crippen LogP contribution >= 0.6 is 0 Å². The summed E-state index contributed by atoms with van der Waals surface area (Å²) < 4.78 is 4.53. The first-order valence-electron chi connectivity index (χ1n) is 2.39. The van der Waals surface area contributed by atoms with Gasteiger partial charge in [-0.25, -0.2) is 0 Å². The Kier molecular flexibility index (Phi) is 1.22. The summed E-state index contributed by atoms with van der Waals surface area (Å²) in [5, 5.41) is 9.93. The molecule has 0 N–H and O–H groups in total. The Bertz CT molecular complexity index is 228. The van der Waals surface area contributed by atoms with Crippen LogP contribution in [0.2, 0.25) is 0 Å². The summed E-state index contributed by atoms with van der Waals surface area (Å²) in [6, 6.07) is 1.38. The predicted molar refractivity (Wildman–Crippen MR) is 30.1 cm³/mol. The van der Waals surface area contributed by atoms with Gasteiger partial charge in [0, 0.05) is 0 Å². The van der Waals surface area contributed by atoms with Gasteiger partial charge in [0.05, 0.1) is 6.07 Å². The van der Waals surface area contributed by atoms with Crippen molar-refractivity contribution in [1.82, 2.24) is 0 Å². The van der Waals surface area contributed by atoms with Crippen LogP contribution in [0.4, 0.5) is 5.88 Å². The summed E-state index contributed by atoms with van der Waals surface area (Å²) in [5.74, 6) is -0.201. The van der Waals surface area contributed by atoms with Crippen molar-refractivity contribution in [2.45, 2.75) is 6.92 Å². The normalized spacial score (nSPS) is 9.44. The highest BCUT2D eigenvalue weighted by atomic mass is 16.6. The Morgan fingerprint density at radius 2 is 2.44 bits per heavy atom. The van der Waals surface area contributed by atoms with Crippen molar-refractivity contribution in [3.8, 4) is 0 Å². The second kappa shape index (κ2) is 1.89. The van der Waals surface area contributed by atoms with Gasteiger partial charge in [0.1, 0.15) is 11.2 Å². The first kappa shape index (κ1) is 5.81. The molecule has 0 spiro atoms. The van der Waals surface area contributed by atoms with Crippen LogP contribution in [-0.4, -0.2) is 4.92 Å². The van der Waals surface area contributed by atoms with E-state index in [1.165, 1.54) is 12.3 Å². The fourth-order valence-corrected chi connectivity index (χ4v) is 0.512. The molecule has 1 aromatic rings. The number of hydrogen-bond acceptors (Lipinski definition) is 3. The van der Waals surface area contributed by atoms with Crippen LogP contribution in [0.1, 0.15) is 5.56 Å². The molecule has 0 fully saturated rings. The summed E-state index contributed by atoms with van der Waals surface area (Å²) >= 11 is 0. The maximum atomic E-state index is 9.93. The lowest BCUT2D eigenvalue weighted by molar-refractivity contribution is -0.402. The first-order chi connectivity index (χ1) is 4.20.